The molecule has 3 rings (SSSR count). The summed E-state index contributed by atoms with van der Waals surface area (Å²) in [7, 11) is 0. The highest BCUT2D eigenvalue weighted by Crippen LogP contribution is 2.23. The van der Waals surface area contributed by atoms with Crippen molar-refractivity contribution in [1.29, 1.82) is 5.26 Å². The molecule has 1 aliphatic rings. The number of carbonyl (C=O) groups is 1. The highest BCUT2D eigenvalue weighted by atomic mass is 19.4. The molecule has 0 spiro atoms. The molecule has 0 bridgehead atoms. The zero-order valence-corrected chi connectivity index (χ0v) is 18.9. The molecule has 2 heterocycles. The molecule has 1 aliphatic heterocycles. The van der Waals surface area contributed by atoms with Crippen LogP contribution in [0.3, 0.4) is 0 Å². The van der Waals surface area contributed by atoms with Crippen molar-refractivity contribution in [2.45, 2.75) is 52.6 Å². The number of ether oxygens (including phenoxy) is 1. The number of aryl methyl sites for hydroxylation is 2. The zero-order chi connectivity index (χ0) is 24.0. The van der Waals surface area contributed by atoms with E-state index in [4.69, 9.17) is 5.26 Å². The second-order valence-corrected chi connectivity index (χ2v) is 8.13. The van der Waals surface area contributed by atoms with E-state index in [0.29, 0.717) is 58.5 Å². The number of nitrogens with zero attached hydrogens (tertiary/aromatic N) is 5. The van der Waals surface area contributed by atoms with Crippen molar-refractivity contribution < 1.29 is 22.7 Å². The Morgan fingerprint density at radius 1 is 1.15 bits per heavy atom. The third kappa shape index (κ3) is 6.96. The first-order valence-electron chi connectivity index (χ1n) is 10.9. The molecule has 33 heavy (non-hydrogen) atoms. The predicted octanol–water partition coefficient (Wildman–Crippen LogP) is 3.59. The number of carbonyl (C=O) groups excluding carboxylic acids is 1. The molecule has 1 aromatic heterocycles. The molecule has 0 unspecified atom stereocenters. The van der Waals surface area contributed by atoms with Gasteiger partial charge in [0.2, 0.25) is 5.91 Å². The van der Waals surface area contributed by atoms with E-state index in [-0.39, 0.29) is 11.7 Å². The standard InChI is InChI=1S/C23H28F3N5O2/c1-17-21(18(2)31(28-17)11-3-10-27)8-9-22(32)30-14-12-29(13-15-30)16-19-4-6-20(7-5-19)33-23(24,25)26/h4-7H,3,8-9,11-16H2,1-2H3. The summed E-state index contributed by atoms with van der Waals surface area (Å²) >= 11 is 0. The van der Waals surface area contributed by atoms with Crippen molar-refractivity contribution in [3.8, 4) is 11.8 Å². The average Bonchev–Trinajstić information content (AvgIpc) is 3.04. The van der Waals surface area contributed by atoms with E-state index in [0.717, 1.165) is 22.5 Å². The van der Waals surface area contributed by atoms with E-state index in [1.54, 1.807) is 12.1 Å². The van der Waals surface area contributed by atoms with Crippen LogP contribution in [-0.2, 0) is 24.3 Å². The summed E-state index contributed by atoms with van der Waals surface area (Å²) in [6.45, 7) is 7.70. The second-order valence-electron chi connectivity index (χ2n) is 8.13. The van der Waals surface area contributed by atoms with Crippen LogP contribution in [0.15, 0.2) is 24.3 Å². The quantitative estimate of drug-likeness (QED) is 0.598. The fraction of sp³-hybridized carbons (Fsp3) is 0.522. The predicted molar refractivity (Wildman–Crippen MR) is 115 cm³/mol. The number of benzene rings is 1. The van der Waals surface area contributed by atoms with Crippen LogP contribution in [0.25, 0.3) is 0 Å². The highest BCUT2D eigenvalue weighted by molar-refractivity contribution is 5.76. The molecule has 1 saturated heterocycles. The van der Waals surface area contributed by atoms with E-state index in [1.807, 2.05) is 23.4 Å². The molecule has 0 radical (unpaired) electrons. The summed E-state index contributed by atoms with van der Waals surface area (Å²) in [5.74, 6) is -0.130. The number of rotatable bonds is 8. The smallest absolute Gasteiger partial charge is 0.406 e. The largest absolute Gasteiger partial charge is 0.573 e. The van der Waals surface area contributed by atoms with Crippen LogP contribution in [0.1, 0.15) is 35.4 Å². The number of piperazine rings is 1. The molecule has 7 nitrogen and oxygen atoms in total. The number of aromatic nitrogens is 2. The van der Waals surface area contributed by atoms with Crippen LogP contribution < -0.4 is 4.74 Å². The Morgan fingerprint density at radius 2 is 1.82 bits per heavy atom. The SMILES string of the molecule is Cc1nn(CCC#N)c(C)c1CCC(=O)N1CCN(Cc2ccc(OC(F)(F)F)cc2)CC1. The van der Waals surface area contributed by atoms with Crippen molar-refractivity contribution in [2.24, 2.45) is 0 Å². The number of alkyl halides is 3. The maximum absolute atomic E-state index is 12.7. The lowest BCUT2D eigenvalue weighted by Crippen LogP contribution is -2.48. The number of hydrogen-bond donors (Lipinski definition) is 0. The summed E-state index contributed by atoms with van der Waals surface area (Å²) in [6, 6.07) is 8.00. The van der Waals surface area contributed by atoms with Gasteiger partial charge < -0.3 is 9.64 Å². The van der Waals surface area contributed by atoms with E-state index >= 15 is 0 Å². The van der Waals surface area contributed by atoms with Crippen molar-refractivity contribution >= 4 is 5.91 Å². The first kappa shape index (κ1) is 24.6. The van der Waals surface area contributed by atoms with E-state index < -0.39 is 6.36 Å². The van der Waals surface area contributed by atoms with Gasteiger partial charge >= 0.3 is 6.36 Å². The van der Waals surface area contributed by atoms with Gasteiger partial charge in [0.25, 0.3) is 0 Å². The minimum absolute atomic E-state index is 0.104. The Kier molecular flexibility index (Phi) is 7.97. The van der Waals surface area contributed by atoms with E-state index in [1.165, 1.54) is 12.1 Å². The lowest BCUT2D eigenvalue weighted by Gasteiger charge is -2.35. The van der Waals surface area contributed by atoms with Gasteiger partial charge in [0, 0.05) is 44.8 Å². The monoisotopic (exact) mass is 463 g/mol. The summed E-state index contributed by atoms with van der Waals surface area (Å²) in [4.78, 5) is 16.8. The highest BCUT2D eigenvalue weighted by Gasteiger charge is 2.31. The van der Waals surface area contributed by atoms with Gasteiger partial charge in [0.1, 0.15) is 5.75 Å². The van der Waals surface area contributed by atoms with Crippen LogP contribution in [-0.4, -0.2) is 58.0 Å². The molecular weight excluding hydrogens is 435 g/mol. The zero-order valence-electron chi connectivity index (χ0n) is 18.9. The van der Waals surface area contributed by atoms with Crippen LogP contribution in [0.2, 0.25) is 0 Å². The topological polar surface area (TPSA) is 74.4 Å². The number of halogens is 3. The molecular formula is C23H28F3N5O2. The maximum Gasteiger partial charge on any atom is 0.573 e. The summed E-state index contributed by atoms with van der Waals surface area (Å²) in [5.41, 5.74) is 3.86. The van der Waals surface area contributed by atoms with E-state index in [9.17, 15) is 18.0 Å². The van der Waals surface area contributed by atoms with Gasteiger partial charge in [-0.25, -0.2) is 0 Å². The normalized spacial score (nSPS) is 14.8. The summed E-state index contributed by atoms with van der Waals surface area (Å²) in [5, 5.41) is 13.3. The molecule has 0 aliphatic carbocycles. The third-order valence-electron chi connectivity index (χ3n) is 5.84. The van der Waals surface area contributed by atoms with Gasteiger partial charge in [-0.15, -0.1) is 13.2 Å². The van der Waals surface area contributed by atoms with Gasteiger partial charge in [0.15, 0.2) is 0 Å². The van der Waals surface area contributed by atoms with Crippen LogP contribution in [0.5, 0.6) is 5.75 Å². The van der Waals surface area contributed by atoms with E-state index in [2.05, 4.69) is 20.8 Å². The molecule has 178 valence electrons. The van der Waals surface area contributed by atoms with Crippen molar-refractivity contribution in [2.75, 3.05) is 26.2 Å². The van der Waals surface area contributed by atoms with Gasteiger partial charge in [-0.3, -0.25) is 14.4 Å². The molecule has 1 aromatic carbocycles. The Morgan fingerprint density at radius 3 is 2.42 bits per heavy atom. The van der Waals surface area contributed by atoms with Crippen molar-refractivity contribution in [3.63, 3.8) is 0 Å². The Balaban J connectivity index is 1.45. The fourth-order valence-corrected chi connectivity index (χ4v) is 4.07. The molecule has 0 atom stereocenters. The third-order valence-corrected chi connectivity index (χ3v) is 5.84. The Labute approximate surface area is 191 Å². The van der Waals surface area contributed by atoms with Crippen LogP contribution in [0, 0.1) is 25.2 Å². The summed E-state index contributed by atoms with van der Waals surface area (Å²) in [6.07, 6.45) is -3.27. The Hall–Kier alpha value is -3.06. The Bertz CT molecular complexity index is 987. The first-order chi connectivity index (χ1) is 15.7. The van der Waals surface area contributed by atoms with Crippen molar-refractivity contribution in [1.82, 2.24) is 19.6 Å². The summed E-state index contributed by atoms with van der Waals surface area (Å²) < 4.78 is 42.6. The second kappa shape index (κ2) is 10.7. The van der Waals surface area contributed by atoms with Crippen LogP contribution in [0.4, 0.5) is 13.2 Å². The minimum atomic E-state index is -4.69. The average molecular weight is 464 g/mol. The lowest BCUT2D eigenvalue weighted by molar-refractivity contribution is -0.274. The first-order valence-corrected chi connectivity index (χ1v) is 10.9. The maximum atomic E-state index is 12.7. The fourth-order valence-electron chi connectivity index (χ4n) is 4.07. The number of amides is 1. The van der Waals surface area contributed by atoms with Crippen molar-refractivity contribution in [3.05, 3.63) is 46.8 Å². The molecule has 1 amide bonds. The van der Waals surface area contributed by atoms with Gasteiger partial charge in [0.05, 0.1) is 24.7 Å². The lowest BCUT2D eigenvalue weighted by atomic mass is 10.1. The number of hydrogen-bond acceptors (Lipinski definition) is 5. The molecule has 0 N–H and O–H groups in total. The number of nitriles is 1. The van der Waals surface area contributed by atoms with Crippen LogP contribution >= 0.6 is 0 Å². The van der Waals surface area contributed by atoms with Gasteiger partial charge in [-0.2, -0.15) is 10.4 Å². The van der Waals surface area contributed by atoms with Gasteiger partial charge in [-0.05, 0) is 43.5 Å². The molecule has 2 aromatic rings. The molecule has 10 heteroatoms. The minimum Gasteiger partial charge on any atom is -0.406 e. The molecule has 1 fully saturated rings. The molecule has 0 saturated carbocycles. The van der Waals surface area contributed by atoms with Gasteiger partial charge in [-0.1, -0.05) is 12.1 Å².